The summed E-state index contributed by atoms with van der Waals surface area (Å²) in [5.41, 5.74) is 8.65. The molecule has 170 valence electrons. The molecular weight excluding hydrogens is 422 g/mol. The van der Waals surface area contributed by atoms with Crippen LogP contribution in [0, 0.1) is 0 Å². The van der Waals surface area contributed by atoms with Crippen LogP contribution in [-0.2, 0) is 14.3 Å². The van der Waals surface area contributed by atoms with Crippen LogP contribution in [0.1, 0.15) is 11.1 Å². The monoisotopic (exact) mass is 447 g/mol. The van der Waals surface area contributed by atoms with Gasteiger partial charge in [-0.3, -0.25) is 4.79 Å². The first-order valence-corrected chi connectivity index (χ1v) is 10.1. The molecule has 1 amide bonds. The van der Waals surface area contributed by atoms with E-state index in [1.807, 2.05) is 54.6 Å². The Bertz CT molecular complexity index is 1130. The minimum Gasteiger partial charge on any atom is -0.493 e. The highest BCUT2D eigenvalue weighted by atomic mass is 16.5. The van der Waals surface area contributed by atoms with Gasteiger partial charge in [0.25, 0.3) is 5.91 Å². The second-order valence-corrected chi connectivity index (χ2v) is 7.00. The molecule has 0 unspecified atom stereocenters. The van der Waals surface area contributed by atoms with E-state index in [-0.39, 0.29) is 5.57 Å². The van der Waals surface area contributed by atoms with Gasteiger partial charge in [-0.1, -0.05) is 54.6 Å². The highest BCUT2D eigenvalue weighted by molar-refractivity contribution is 6.22. The molecule has 0 saturated carbocycles. The second kappa shape index (κ2) is 10.9. The standard InChI is InChI=1S/C26H25NO6/c1-30-22-14-17(15-23(31-2)25(22)32-3)13-21(26(29)33-16-24(27)28)20-11-9-19(10-12-20)18-7-5-4-6-8-18/h4-15H,16H2,1-3H3,(H2,27,28). The van der Waals surface area contributed by atoms with Gasteiger partial charge in [0.15, 0.2) is 18.1 Å². The van der Waals surface area contributed by atoms with Crippen molar-refractivity contribution in [2.75, 3.05) is 27.9 Å². The van der Waals surface area contributed by atoms with Crippen molar-refractivity contribution in [3.05, 3.63) is 77.9 Å². The Balaban J connectivity index is 2.06. The summed E-state index contributed by atoms with van der Waals surface area (Å²) >= 11 is 0. The van der Waals surface area contributed by atoms with Gasteiger partial charge in [-0.15, -0.1) is 0 Å². The van der Waals surface area contributed by atoms with Gasteiger partial charge in [0.05, 0.1) is 26.9 Å². The normalized spacial score (nSPS) is 10.9. The molecule has 0 aliphatic rings. The Morgan fingerprint density at radius 1 is 0.818 bits per heavy atom. The first-order valence-electron chi connectivity index (χ1n) is 10.1. The van der Waals surface area contributed by atoms with Gasteiger partial charge in [-0.2, -0.15) is 0 Å². The molecule has 3 rings (SSSR count). The number of benzene rings is 3. The van der Waals surface area contributed by atoms with Crippen LogP contribution in [0.15, 0.2) is 66.7 Å². The van der Waals surface area contributed by atoms with Gasteiger partial charge in [0, 0.05) is 0 Å². The second-order valence-electron chi connectivity index (χ2n) is 7.00. The van der Waals surface area contributed by atoms with Gasteiger partial charge in [0.1, 0.15) is 0 Å². The lowest BCUT2D eigenvalue weighted by Gasteiger charge is -2.14. The van der Waals surface area contributed by atoms with E-state index in [9.17, 15) is 9.59 Å². The number of nitrogens with two attached hydrogens (primary N) is 1. The van der Waals surface area contributed by atoms with Crippen molar-refractivity contribution in [2.24, 2.45) is 5.73 Å². The molecule has 0 aliphatic heterocycles. The van der Waals surface area contributed by atoms with Crippen molar-refractivity contribution in [1.29, 1.82) is 0 Å². The number of rotatable bonds is 9. The maximum absolute atomic E-state index is 12.9. The fraction of sp³-hybridized carbons (Fsp3) is 0.154. The first-order chi connectivity index (χ1) is 16.0. The number of carbonyl (C=O) groups is 2. The molecule has 0 bridgehead atoms. The Morgan fingerprint density at radius 2 is 1.39 bits per heavy atom. The summed E-state index contributed by atoms with van der Waals surface area (Å²) in [6.45, 7) is -0.520. The number of esters is 1. The van der Waals surface area contributed by atoms with Crippen LogP contribution in [0.2, 0.25) is 0 Å². The van der Waals surface area contributed by atoms with Crippen molar-refractivity contribution in [2.45, 2.75) is 0 Å². The smallest absolute Gasteiger partial charge is 0.339 e. The predicted octanol–water partition coefficient (Wildman–Crippen LogP) is 3.95. The summed E-state index contributed by atoms with van der Waals surface area (Å²) in [5.74, 6) is -0.119. The largest absolute Gasteiger partial charge is 0.493 e. The molecule has 0 radical (unpaired) electrons. The molecule has 0 fully saturated rings. The molecule has 3 aromatic rings. The topological polar surface area (TPSA) is 97.1 Å². The summed E-state index contributed by atoms with van der Waals surface area (Å²) < 4.78 is 21.3. The number of ether oxygens (including phenoxy) is 4. The lowest BCUT2D eigenvalue weighted by atomic mass is 9.98. The summed E-state index contributed by atoms with van der Waals surface area (Å²) in [7, 11) is 4.53. The third-order valence-electron chi connectivity index (χ3n) is 4.87. The van der Waals surface area contributed by atoms with Crippen molar-refractivity contribution in [3.8, 4) is 28.4 Å². The molecule has 0 atom stereocenters. The molecular formula is C26H25NO6. The van der Waals surface area contributed by atoms with Gasteiger partial charge in [-0.05, 0) is 40.5 Å². The minimum absolute atomic E-state index is 0.241. The number of methoxy groups -OCH3 is 3. The highest BCUT2D eigenvalue weighted by Gasteiger charge is 2.18. The zero-order chi connectivity index (χ0) is 23.8. The summed E-state index contributed by atoms with van der Waals surface area (Å²) in [6.07, 6.45) is 1.63. The number of carbonyl (C=O) groups excluding carboxylic acids is 2. The van der Waals surface area contributed by atoms with Crippen LogP contribution in [-0.4, -0.2) is 39.8 Å². The summed E-state index contributed by atoms with van der Waals surface area (Å²) in [6, 6.07) is 20.7. The van der Waals surface area contributed by atoms with Crippen molar-refractivity contribution in [1.82, 2.24) is 0 Å². The van der Waals surface area contributed by atoms with Crippen LogP contribution in [0.5, 0.6) is 17.2 Å². The van der Waals surface area contributed by atoms with E-state index >= 15 is 0 Å². The molecule has 2 N–H and O–H groups in total. The average Bonchev–Trinajstić information content (AvgIpc) is 2.85. The molecule has 0 heterocycles. The Labute approximate surface area is 192 Å². The molecule has 7 heteroatoms. The molecule has 0 saturated heterocycles. The van der Waals surface area contributed by atoms with E-state index in [1.54, 1.807) is 18.2 Å². The quantitative estimate of drug-likeness (QED) is 0.303. The molecule has 0 spiro atoms. The first kappa shape index (κ1) is 23.4. The van der Waals surface area contributed by atoms with Crippen LogP contribution >= 0.6 is 0 Å². The maximum Gasteiger partial charge on any atom is 0.339 e. The van der Waals surface area contributed by atoms with Gasteiger partial charge in [-0.25, -0.2) is 4.79 Å². The molecule has 3 aromatic carbocycles. The van der Waals surface area contributed by atoms with E-state index in [2.05, 4.69) is 0 Å². The van der Waals surface area contributed by atoms with E-state index < -0.39 is 18.5 Å². The van der Waals surface area contributed by atoms with E-state index in [0.29, 0.717) is 28.4 Å². The van der Waals surface area contributed by atoms with Crippen LogP contribution < -0.4 is 19.9 Å². The van der Waals surface area contributed by atoms with Crippen molar-refractivity contribution in [3.63, 3.8) is 0 Å². The third-order valence-corrected chi connectivity index (χ3v) is 4.87. The molecule has 33 heavy (non-hydrogen) atoms. The van der Waals surface area contributed by atoms with Crippen LogP contribution in [0.4, 0.5) is 0 Å². The number of primary amides is 1. The SMILES string of the molecule is COc1cc(C=C(C(=O)OCC(N)=O)c2ccc(-c3ccccc3)cc2)cc(OC)c1OC. The average molecular weight is 447 g/mol. The van der Waals surface area contributed by atoms with E-state index in [1.165, 1.54) is 21.3 Å². The van der Waals surface area contributed by atoms with Crippen LogP contribution in [0.3, 0.4) is 0 Å². The molecule has 7 nitrogen and oxygen atoms in total. The zero-order valence-electron chi connectivity index (χ0n) is 18.7. The van der Waals surface area contributed by atoms with E-state index in [0.717, 1.165) is 11.1 Å². The van der Waals surface area contributed by atoms with Crippen molar-refractivity contribution < 1.29 is 28.5 Å². The maximum atomic E-state index is 12.9. The van der Waals surface area contributed by atoms with Gasteiger partial charge < -0.3 is 24.7 Å². The molecule has 0 aromatic heterocycles. The Morgan fingerprint density at radius 3 is 1.91 bits per heavy atom. The molecule has 0 aliphatic carbocycles. The lowest BCUT2D eigenvalue weighted by molar-refractivity contribution is -0.141. The zero-order valence-corrected chi connectivity index (χ0v) is 18.7. The van der Waals surface area contributed by atoms with E-state index in [4.69, 9.17) is 24.7 Å². The fourth-order valence-electron chi connectivity index (χ4n) is 3.30. The summed E-state index contributed by atoms with van der Waals surface area (Å²) in [5, 5.41) is 0. The van der Waals surface area contributed by atoms with Gasteiger partial charge >= 0.3 is 5.97 Å². The minimum atomic E-state index is -0.741. The van der Waals surface area contributed by atoms with Crippen LogP contribution in [0.25, 0.3) is 22.8 Å². The number of hydrogen-bond donors (Lipinski definition) is 1. The van der Waals surface area contributed by atoms with Crippen molar-refractivity contribution >= 4 is 23.5 Å². The number of hydrogen-bond acceptors (Lipinski definition) is 6. The van der Waals surface area contributed by atoms with Gasteiger partial charge in [0.2, 0.25) is 5.75 Å². The highest BCUT2D eigenvalue weighted by Crippen LogP contribution is 2.39. The predicted molar refractivity (Wildman–Crippen MR) is 126 cm³/mol. The summed E-state index contributed by atoms with van der Waals surface area (Å²) in [4.78, 5) is 24.0. The lowest BCUT2D eigenvalue weighted by Crippen LogP contribution is -2.21. The third kappa shape index (κ3) is 5.71. The fourth-order valence-corrected chi connectivity index (χ4v) is 3.30. The Hall–Kier alpha value is -4.26. The Kier molecular flexibility index (Phi) is 7.70. The number of amides is 1.